The summed E-state index contributed by atoms with van der Waals surface area (Å²) in [4.78, 5) is 2.80. The average Bonchev–Trinajstić information content (AvgIpc) is 2.78. The Bertz CT molecular complexity index is 391. The van der Waals surface area contributed by atoms with Crippen LogP contribution < -0.4 is 10.6 Å². The van der Waals surface area contributed by atoms with Gasteiger partial charge in [0.1, 0.15) is 4.99 Å². The largest absolute Gasteiger partial charge is 0.396 e. The second kappa shape index (κ2) is 5.47. The Labute approximate surface area is 107 Å². The Kier molecular flexibility index (Phi) is 3.97. The zero-order valence-corrected chi connectivity index (χ0v) is 10.6. The van der Waals surface area contributed by atoms with Crippen LogP contribution in [0.5, 0.6) is 0 Å². The topological polar surface area (TPSA) is 49.5 Å². The maximum Gasteiger partial charge on any atom is 0.103 e. The first-order chi connectivity index (χ1) is 8.22. The first kappa shape index (κ1) is 12.3. The summed E-state index contributed by atoms with van der Waals surface area (Å²) in [7, 11) is 0. The molecule has 0 aliphatic carbocycles. The molecule has 0 saturated carbocycles. The van der Waals surface area contributed by atoms with Gasteiger partial charge in [-0.05, 0) is 43.5 Å². The van der Waals surface area contributed by atoms with E-state index < -0.39 is 0 Å². The minimum atomic E-state index is 0.256. The lowest BCUT2D eigenvalue weighted by Crippen LogP contribution is -2.29. The minimum absolute atomic E-state index is 0.256. The molecule has 3 nitrogen and oxygen atoms in total. The molecule has 1 aromatic carbocycles. The molecule has 1 atom stereocenters. The van der Waals surface area contributed by atoms with Gasteiger partial charge in [-0.15, -0.1) is 0 Å². The van der Waals surface area contributed by atoms with Crippen LogP contribution >= 0.6 is 12.2 Å². The molecule has 1 fully saturated rings. The van der Waals surface area contributed by atoms with Crippen LogP contribution in [-0.2, 0) is 0 Å². The maximum absolute atomic E-state index is 9.05. The molecule has 0 amide bonds. The van der Waals surface area contributed by atoms with Gasteiger partial charge in [0.05, 0.1) is 0 Å². The van der Waals surface area contributed by atoms with E-state index in [4.69, 9.17) is 23.1 Å². The van der Waals surface area contributed by atoms with Crippen molar-refractivity contribution >= 4 is 22.9 Å². The molecule has 1 aliphatic rings. The van der Waals surface area contributed by atoms with E-state index in [2.05, 4.69) is 17.0 Å². The summed E-state index contributed by atoms with van der Waals surface area (Å²) >= 11 is 4.94. The molecule has 0 aromatic heterocycles. The van der Waals surface area contributed by atoms with Crippen molar-refractivity contribution < 1.29 is 5.11 Å². The van der Waals surface area contributed by atoms with Crippen LogP contribution in [-0.4, -0.2) is 29.3 Å². The molecule has 1 heterocycles. The van der Waals surface area contributed by atoms with Crippen molar-refractivity contribution in [3.05, 3.63) is 29.8 Å². The average molecular weight is 250 g/mol. The van der Waals surface area contributed by atoms with Crippen molar-refractivity contribution in [2.45, 2.75) is 25.3 Å². The van der Waals surface area contributed by atoms with Crippen molar-refractivity contribution in [2.24, 2.45) is 5.73 Å². The molecule has 92 valence electrons. The van der Waals surface area contributed by atoms with Gasteiger partial charge in [-0.2, -0.15) is 0 Å². The number of hydrogen-bond donors (Lipinski definition) is 2. The standard InChI is InChI=1S/C13H18N2OS/c14-13(17)10-3-5-12(6-4-10)15-8-1-2-11(15)7-9-16/h3-6,11,16H,1-2,7-9H2,(H2,14,17). The molecule has 17 heavy (non-hydrogen) atoms. The lowest BCUT2D eigenvalue weighted by atomic mass is 10.1. The van der Waals surface area contributed by atoms with E-state index in [9.17, 15) is 0 Å². The van der Waals surface area contributed by atoms with E-state index in [1.807, 2.05) is 12.1 Å². The van der Waals surface area contributed by atoms with Crippen LogP contribution in [0.1, 0.15) is 24.8 Å². The van der Waals surface area contributed by atoms with E-state index >= 15 is 0 Å². The summed E-state index contributed by atoms with van der Waals surface area (Å²) in [6, 6.07) is 8.52. The first-order valence-electron chi connectivity index (χ1n) is 5.99. The molecule has 0 radical (unpaired) electrons. The van der Waals surface area contributed by atoms with Gasteiger partial charge in [0, 0.05) is 30.4 Å². The lowest BCUT2D eigenvalue weighted by Gasteiger charge is -2.26. The Hall–Kier alpha value is -1.13. The zero-order chi connectivity index (χ0) is 12.3. The van der Waals surface area contributed by atoms with Crippen LogP contribution in [0, 0.1) is 0 Å². The number of hydrogen-bond acceptors (Lipinski definition) is 3. The van der Waals surface area contributed by atoms with Gasteiger partial charge in [0.15, 0.2) is 0 Å². The molecule has 1 aliphatic heterocycles. The highest BCUT2D eigenvalue weighted by molar-refractivity contribution is 7.80. The fraction of sp³-hybridized carbons (Fsp3) is 0.462. The van der Waals surface area contributed by atoms with E-state index in [0.717, 1.165) is 24.9 Å². The Morgan fingerprint density at radius 1 is 1.41 bits per heavy atom. The highest BCUT2D eigenvalue weighted by Gasteiger charge is 2.23. The normalized spacial score (nSPS) is 19.6. The number of benzene rings is 1. The maximum atomic E-state index is 9.05. The summed E-state index contributed by atoms with van der Waals surface area (Å²) in [5.41, 5.74) is 7.68. The molecular formula is C13H18N2OS. The summed E-state index contributed by atoms with van der Waals surface area (Å²) in [6.45, 7) is 1.32. The fourth-order valence-electron chi connectivity index (χ4n) is 2.44. The van der Waals surface area contributed by atoms with Crippen molar-refractivity contribution in [3.63, 3.8) is 0 Å². The summed E-state index contributed by atoms with van der Waals surface area (Å²) < 4.78 is 0. The van der Waals surface area contributed by atoms with E-state index in [1.54, 1.807) is 0 Å². The second-order valence-electron chi connectivity index (χ2n) is 4.41. The van der Waals surface area contributed by atoms with Gasteiger partial charge in [0.25, 0.3) is 0 Å². The van der Waals surface area contributed by atoms with Gasteiger partial charge in [-0.1, -0.05) is 12.2 Å². The molecule has 4 heteroatoms. The number of aliphatic hydroxyl groups excluding tert-OH is 1. The van der Waals surface area contributed by atoms with Crippen LogP contribution in [0.15, 0.2) is 24.3 Å². The molecular weight excluding hydrogens is 232 g/mol. The van der Waals surface area contributed by atoms with Crippen molar-refractivity contribution in [1.29, 1.82) is 0 Å². The molecule has 0 bridgehead atoms. The van der Waals surface area contributed by atoms with Gasteiger partial charge in [-0.25, -0.2) is 0 Å². The number of nitrogens with two attached hydrogens (primary N) is 1. The van der Waals surface area contributed by atoms with Crippen LogP contribution in [0.25, 0.3) is 0 Å². The first-order valence-corrected chi connectivity index (χ1v) is 6.40. The zero-order valence-electron chi connectivity index (χ0n) is 9.80. The summed E-state index contributed by atoms with van der Waals surface area (Å²) in [5.74, 6) is 0. The van der Waals surface area contributed by atoms with Gasteiger partial charge < -0.3 is 15.7 Å². The molecule has 0 spiro atoms. The van der Waals surface area contributed by atoms with Crippen LogP contribution in [0.3, 0.4) is 0 Å². The van der Waals surface area contributed by atoms with E-state index in [-0.39, 0.29) is 6.61 Å². The van der Waals surface area contributed by atoms with Crippen LogP contribution in [0.2, 0.25) is 0 Å². The lowest BCUT2D eigenvalue weighted by molar-refractivity contribution is 0.276. The van der Waals surface area contributed by atoms with Gasteiger partial charge in [0.2, 0.25) is 0 Å². The van der Waals surface area contributed by atoms with Crippen LogP contribution in [0.4, 0.5) is 5.69 Å². The summed E-state index contributed by atoms with van der Waals surface area (Å²) in [5, 5.41) is 9.05. The van der Waals surface area contributed by atoms with Gasteiger partial charge >= 0.3 is 0 Å². The minimum Gasteiger partial charge on any atom is -0.396 e. The number of thiocarbonyl (C=S) groups is 1. The predicted octanol–water partition coefficient (Wildman–Crippen LogP) is 1.67. The number of nitrogens with zero attached hydrogens (tertiary/aromatic N) is 1. The molecule has 1 unspecified atom stereocenters. The smallest absolute Gasteiger partial charge is 0.103 e. The number of rotatable bonds is 4. The second-order valence-corrected chi connectivity index (χ2v) is 4.85. The highest BCUT2D eigenvalue weighted by atomic mass is 32.1. The Morgan fingerprint density at radius 2 is 2.12 bits per heavy atom. The molecule has 1 aromatic rings. The highest BCUT2D eigenvalue weighted by Crippen LogP contribution is 2.27. The third kappa shape index (κ3) is 2.76. The van der Waals surface area contributed by atoms with Crippen molar-refractivity contribution in [2.75, 3.05) is 18.1 Å². The third-order valence-electron chi connectivity index (χ3n) is 3.32. The monoisotopic (exact) mass is 250 g/mol. The van der Waals surface area contributed by atoms with Gasteiger partial charge in [-0.3, -0.25) is 0 Å². The van der Waals surface area contributed by atoms with Crippen molar-refractivity contribution in [1.82, 2.24) is 0 Å². The molecule has 3 N–H and O–H groups in total. The number of aliphatic hydroxyl groups is 1. The van der Waals surface area contributed by atoms with E-state index in [1.165, 1.54) is 12.1 Å². The SMILES string of the molecule is NC(=S)c1ccc(N2CCCC2CCO)cc1. The van der Waals surface area contributed by atoms with E-state index in [0.29, 0.717) is 11.0 Å². The molecule has 2 rings (SSSR count). The van der Waals surface area contributed by atoms with Crippen molar-refractivity contribution in [3.8, 4) is 0 Å². The molecule has 1 saturated heterocycles. The Balaban J connectivity index is 2.13. The Morgan fingerprint density at radius 3 is 2.71 bits per heavy atom. The predicted molar refractivity (Wildman–Crippen MR) is 74.4 cm³/mol. The fourth-order valence-corrected chi connectivity index (χ4v) is 2.58. The summed E-state index contributed by atoms with van der Waals surface area (Å²) in [6.07, 6.45) is 3.20. The number of anilines is 1. The third-order valence-corrected chi connectivity index (χ3v) is 3.56. The quantitative estimate of drug-likeness (QED) is 0.798.